The maximum Gasteiger partial charge on any atom is 0.503 e. The van der Waals surface area contributed by atoms with Gasteiger partial charge in [0, 0.05) is 19.3 Å². The second kappa shape index (κ2) is 8.83. The smallest absolute Gasteiger partial charge is 0.348 e. The summed E-state index contributed by atoms with van der Waals surface area (Å²) in [6.45, 7) is 3.92. The molecule has 1 N–H and O–H groups in total. The fourth-order valence-electron chi connectivity index (χ4n) is 3.00. The van der Waals surface area contributed by atoms with Crippen molar-refractivity contribution >= 4 is 38.0 Å². The summed E-state index contributed by atoms with van der Waals surface area (Å²) >= 11 is 5.76. The number of nitrogens with one attached hydrogen (secondary N) is 1. The number of aryl methyl sites for hydroxylation is 2. The summed E-state index contributed by atoms with van der Waals surface area (Å²) < 4.78 is 65.0. The van der Waals surface area contributed by atoms with E-state index >= 15 is 0 Å². The maximum absolute atomic E-state index is 13.4. The van der Waals surface area contributed by atoms with Gasteiger partial charge in [0.25, 0.3) is 9.84 Å². The van der Waals surface area contributed by atoms with E-state index in [2.05, 4.69) is 20.5 Å². The van der Waals surface area contributed by atoms with Crippen LogP contribution in [-0.4, -0.2) is 47.8 Å². The number of anilines is 1. The predicted octanol–water partition coefficient (Wildman–Crippen LogP) is 3.93. The number of hydrogen-bond acceptors (Lipinski definition) is 7. The largest absolute Gasteiger partial charge is 0.503 e. The lowest BCUT2D eigenvalue weighted by Crippen LogP contribution is -2.42. The summed E-state index contributed by atoms with van der Waals surface area (Å²) in [6, 6.07) is 8.42. The van der Waals surface area contributed by atoms with Crippen molar-refractivity contribution in [2.45, 2.75) is 25.9 Å². The quantitative estimate of drug-likeness (QED) is 0.308. The average molecular weight is 474 g/mol. The van der Waals surface area contributed by atoms with Gasteiger partial charge in [-0.3, -0.25) is 10.4 Å². The van der Waals surface area contributed by atoms with Gasteiger partial charge in [-0.1, -0.05) is 35.9 Å². The van der Waals surface area contributed by atoms with E-state index in [-0.39, 0.29) is 30.6 Å². The van der Waals surface area contributed by atoms with Crippen LogP contribution in [-0.2, 0) is 16.4 Å². The third kappa shape index (κ3) is 4.99. The lowest BCUT2D eigenvalue weighted by Gasteiger charge is -2.22. The molecular formula is C19H19ClF3N5O2S. The molecule has 1 aromatic heterocycles. The first-order chi connectivity index (χ1) is 14.5. The standard InChI is InChI=1S/C19H19ClF3N5O2S/c1-12-4-3-5-13(2)16(12)26-27-18(31(29,30)19(21,22)23)17-24-8-9-28(17)11-14-6-7-15(20)25-10-14/h3-7,10,26H,8-9,11H2,1-2H3. The molecule has 0 radical (unpaired) electrons. The first kappa shape index (κ1) is 23.0. The Balaban J connectivity index is 2.00. The number of amidine groups is 1. The number of nitrogens with zero attached hydrogens (tertiary/aromatic N) is 4. The zero-order valence-corrected chi connectivity index (χ0v) is 18.2. The SMILES string of the molecule is Cc1cccc(C)c1NN=C(C1=NCCN1Cc1ccc(Cl)nc1)S(=O)(=O)C(F)(F)F. The normalized spacial score (nSPS) is 15.2. The minimum Gasteiger partial charge on any atom is -0.348 e. The molecule has 7 nitrogen and oxygen atoms in total. The highest BCUT2D eigenvalue weighted by atomic mass is 35.5. The van der Waals surface area contributed by atoms with Gasteiger partial charge < -0.3 is 4.90 Å². The van der Waals surface area contributed by atoms with E-state index in [1.165, 1.54) is 17.2 Å². The Bertz CT molecular complexity index is 1110. The molecule has 0 bridgehead atoms. The van der Waals surface area contributed by atoms with E-state index < -0.39 is 20.4 Å². The van der Waals surface area contributed by atoms with Crippen LogP contribution >= 0.6 is 11.6 Å². The fraction of sp³-hybridized carbons (Fsp3) is 0.316. The predicted molar refractivity (Wildman–Crippen MR) is 114 cm³/mol. The van der Waals surface area contributed by atoms with E-state index in [4.69, 9.17) is 11.6 Å². The van der Waals surface area contributed by atoms with Gasteiger partial charge in [0.15, 0.2) is 5.84 Å². The number of alkyl halides is 3. The van der Waals surface area contributed by atoms with Crippen LogP contribution in [0.1, 0.15) is 16.7 Å². The number of pyridine rings is 1. The lowest BCUT2D eigenvalue weighted by atomic mass is 10.1. The summed E-state index contributed by atoms with van der Waals surface area (Å²) in [5.41, 5.74) is -0.586. The molecule has 0 fully saturated rings. The molecule has 2 heterocycles. The number of hydrazone groups is 1. The summed E-state index contributed by atoms with van der Waals surface area (Å²) in [5, 5.41) is 2.78. The molecule has 0 amide bonds. The van der Waals surface area contributed by atoms with Crippen molar-refractivity contribution in [3.63, 3.8) is 0 Å². The van der Waals surface area contributed by atoms with Crippen LogP contribution in [0, 0.1) is 13.8 Å². The molecule has 1 aromatic carbocycles. The molecule has 0 saturated carbocycles. The molecule has 0 spiro atoms. The van der Waals surface area contributed by atoms with Gasteiger partial charge in [-0.25, -0.2) is 13.4 Å². The van der Waals surface area contributed by atoms with E-state index in [1.54, 1.807) is 38.1 Å². The Morgan fingerprint density at radius 3 is 2.48 bits per heavy atom. The van der Waals surface area contributed by atoms with E-state index in [9.17, 15) is 21.6 Å². The van der Waals surface area contributed by atoms with Gasteiger partial charge in [0.05, 0.1) is 12.2 Å². The van der Waals surface area contributed by atoms with E-state index in [1.807, 2.05) is 0 Å². The molecule has 2 aromatic rings. The Morgan fingerprint density at radius 2 is 1.90 bits per heavy atom. The third-order valence-corrected chi connectivity index (χ3v) is 6.21. The number of para-hydroxylation sites is 1. The van der Waals surface area contributed by atoms with Crippen LogP contribution < -0.4 is 5.43 Å². The zero-order chi connectivity index (χ0) is 22.8. The van der Waals surface area contributed by atoms with Crippen LogP contribution in [0.3, 0.4) is 0 Å². The van der Waals surface area contributed by atoms with Gasteiger partial charge in [-0.2, -0.15) is 18.3 Å². The number of benzene rings is 1. The van der Waals surface area contributed by atoms with Crippen LogP contribution in [0.15, 0.2) is 46.6 Å². The first-order valence-corrected chi connectivity index (χ1v) is 11.0. The van der Waals surface area contributed by atoms with E-state index in [0.717, 1.165) is 0 Å². The molecule has 31 heavy (non-hydrogen) atoms. The van der Waals surface area contributed by atoms with Crippen LogP contribution in [0.5, 0.6) is 0 Å². The first-order valence-electron chi connectivity index (χ1n) is 9.12. The molecule has 0 unspecified atom stereocenters. The van der Waals surface area contributed by atoms with Crippen molar-refractivity contribution in [1.29, 1.82) is 0 Å². The van der Waals surface area contributed by atoms with Crippen LogP contribution in [0.25, 0.3) is 0 Å². The maximum atomic E-state index is 13.4. The van der Waals surface area contributed by atoms with Gasteiger partial charge >= 0.3 is 5.51 Å². The highest BCUT2D eigenvalue weighted by Crippen LogP contribution is 2.28. The lowest BCUT2D eigenvalue weighted by molar-refractivity contribution is -0.0417. The van der Waals surface area contributed by atoms with Crippen molar-refractivity contribution in [3.05, 3.63) is 58.4 Å². The molecule has 1 aliphatic rings. The summed E-state index contributed by atoms with van der Waals surface area (Å²) in [6.07, 6.45) is 1.46. The van der Waals surface area contributed by atoms with Crippen LogP contribution in [0.4, 0.5) is 18.9 Å². The molecule has 0 atom stereocenters. The topological polar surface area (TPSA) is 87.0 Å². The van der Waals surface area contributed by atoms with E-state index in [0.29, 0.717) is 22.4 Å². The summed E-state index contributed by atoms with van der Waals surface area (Å²) in [7, 11) is -5.77. The molecule has 0 aliphatic carbocycles. The molecule has 12 heteroatoms. The number of rotatable bonds is 5. The highest BCUT2D eigenvalue weighted by molar-refractivity contribution is 8.09. The number of sulfone groups is 1. The monoisotopic (exact) mass is 473 g/mol. The minimum absolute atomic E-state index is 0.0960. The second-order valence-corrected chi connectivity index (χ2v) is 9.10. The highest BCUT2D eigenvalue weighted by Gasteiger charge is 2.52. The Morgan fingerprint density at radius 1 is 1.23 bits per heavy atom. The average Bonchev–Trinajstić information content (AvgIpc) is 3.12. The Labute approximate surface area is 182 Å². The van der Waals surface area contributed by atoms with Gasteiger partial charge in [0.2, 0.25) is 5.04 Å². The number of hydrogen-bond donors (Lipinski definition) is 1. The number of aromatic nitrogens is 1. The number of halogens is 4. The van der Waals surface area contributed by atoms with Crippen LogP contribution in [0.2, 0.25) is 5.15 Å². The Hall–Kier alpha value is -2.66. The van der Waals surface area contributed by atoms with Gasteiger partial charge in [-0.15, -0.1) is 0 Å². The van der Waals surface area contributed by atoms with Crippen molar-refractivity contribution in [2.75, 3.05) is 18.5 Å². The molecule has 1 aliphatic heterocycles. The number of aliphatic imine (C=N–C) groups is 1. The summed E-state index contributed by atoms with van der Waals surface area (Å²) in [4.78, 5) is 9.36. The summed E-state index contributed by atoms with van der Waals surface area (Å²) in [5.74, 6) is -0.356. The minimum atomic E-state index is -5.77. The molecule has 3 rings (SSSR count). The molecule has 0 saturated heterocycles. The zero-order valence-electron chi connectivity index (χ0n) is 16.6. The van der Waals surface area contributed by atoms with Crippen molar-refractivity contribution in [1.82, 2.24) is 9.88 Å². The van der Waals surface area contributed by atoms with Gasteiger partial charge in [-0.05, 0) is 36.6 Å². The third-order valence-electron chi connectivity index (χ3n) is 4.59. The second-order valence-electron chi connectivity index (χ2n) is 6.86. The molecular weight excluding hydrogens is 455 g/mol. The Kier molecular flexibility index (Phi) is 6.56. The van der Waals surface area contributed by atoms with Crippen molar-refractivity contribution in [2.24, 2.45) is 10.1 Å². The van der Waals surface area contributed by atoms with Gasteiger partial charge in [0.1, 0.15) is 5.15 Å². The van der Waals surface area contributed by atoms with Crippen molar-refractivity contribution in [3.8, 4) is 0 Å². The van der Waals surface area contributed by atoms with Crippen molar-refractivity contribution < 1.29 is 21.6 Å². The fourth-order valence-corrected chi connectivity index (χ4v) is 3.93. The molecule has 166 valence electrons.